The van der Waals surface area contributed by atoms with Crippen molar-refractivity contribution in [3.63, 3.8) is 0 Å². The Kier molecular flexibility index (Phi) is 5.07. The summed E-state index contributed by atoms with van der Waals surface area (Å²) in [6, 6.07) is 1.00. The Balaban J connectivity index is 3.04. The van der Waals surface area contributed by atoms with Crippen LogP contribution in [0.15, 0.2) is 0 Å². The molecular weight excluding hydrogens is 256 g/mol. The first-order valence-corrected chi connectivity index (χ1v) is 7.32. The van der Waals surface area contributed by atoms with Gasteiger partial charge < -0.3 is 10.6 Å². The highest BCUT2D eigenvalue weighted by atomic mass is 32.2. The molecule has 1 amide bonds. The van der Waals surface area contributed by atoms with Crippen molar-refractivity contribution in [3.8, 4) is 6.07 Å². The maximum absolute atomic E-state index is 12.3. The van der Waals surface area contributed by atoms with Crippen molar-refractivity contribution in [1.29, 1.82) is 5.26 Å². The zero-order valence-electron chi connectivity index (χ0n) is 10.5. The van der Waals surface area contributed by atoms with Gasteiger partial charge in [0, 0.05) is 26.7 Å². The molecule has 1 fully saturated rings. The van der Waals surface area contributed by atoms with E-state index in [2.05, 4.69) is 10.6 Å². The normalized spacial score (nSPS) is 23.1. The standard InChI is InChI=1S/C10H18N4O3S/c1-3-8(6-11)18(16,17)14-5-4-13-7-9(14)10(15)12-2/h8-9,13H,3-5,7H2,1-2H3,(H,12,15). The third-order valence-electron chi connectivity index (χ3n) is 2.94. The highest BCUT2D eigenvalue weighted by molar-refractivity contribution is 7.90. The first kappa shape index (κ1) is 14.9. The smallest absolute Gasteiger partial charge is 0.239 e. The molecule has 18 heavy (non-hydrogen) atoms. The van der Waals surface area contributed by atoms with Gasteiger partial charge in [-0.2, -0.15) is 9.57 Å². The summed E-state index contributed by atoms with van der Waals surface area (Å²) in [4.78, 5) is 11.7. The maximum Gasteiger partial charge on any atom is 0.239 e. The van der Waals surface area contributed by atoms with Gasteiger partial charge >= 0.3 is 0 Å². The lowest BCUT2D eigenvalue weighted by Gasteiger charge is -2.34. The number of nitrogens with one attached hydrogen (secondary N) is 2. The van der Waals surface area contributed by atoms with Crippen molar-refractivity contribution in [2.24, 2.45) is 0 Å². The molecule has 2 unspecified atom stereocenters. The number of carbonyl (C=O) groups excluding carboxylic acids is 1. The highest BCUT2D eigenvalue weighted by Gasteiger charge is 2.40. The van der Waals surface area contributed by atoms with E-state index in [1.54, 1.807) is 13.0 Å². The van der Waals surface area contributed by atoms with Crippen LogP contribution in [0.5, 0.6) is 0 Å². The second-order valence-electron chi connectivity index (χ2n) is 4.02. The van der Waals surface area contributed by atoms with E-state index in [-0.39, 0.29) is 25.4 Å². The molecule has 2 atom stereocenters. The van der Waals surface area contributed by atoms with Crippen molar-refractivity contribution in [2.75, 3.05) is 26.7 Å². The fraction of sp³-hybridized carbons (Fsp3) is 0.800. The largest absolute Gasteiger partial charge is 0.358 e. The van der Waals surface area contributed by atoms with Crippen molar-refractivity contribution in [1.82, 2.24) is 14.9 Å². The molecule has 0 aromatic heterocycles. The Morgan fingerprint density at radius 1 is 1.67 bits per heavy atom. The predicted molar refractivity (Wildman–Crippen MR) is 66.0 cm³/mol. The monoisotopic (exact) mass is 274 g/mol. The lowest BCUT2D eigenvalue weighted by molar-refractivity contribution is -0.124. The summed E-state index contributed by atoms with van der Waals surface area (Å²) in [5.74, 6) is -0.362. The third kappa shape index (κ3) is 2.80. The Bertz CT molecular complexity index is 443. The van der Waals surface area contributed by atoms with Gasteiger partial charge in [0.15, 0.2) is 5.25 Å². The summed E-state index contributed by atoms with van der Waals surface area (Å²) in [7, 11) is -2.30. The number of nitrogens with zero attached hydrogens (tertiary/aromatic N) is 2. The molecule has 8 heteroatoms. The summed E-state index contributed by atoms with van der Waals surface area (Å²) in [5.41, 5.74) is 0. The zero-order valence-corrected chi connectivity index (χ0v) is 11.3. The SMILES string of the molecule is CCC(C#N)S(=O)(=O)N1CCNCC1C(=O)NC. The Morgan fingerprint density at radius 3 is 2.83 bits per heavy atom. The van der Waals surface area contributed by atoms with E-state index in [0.717, 1.165) is 4.31 Å². The summed E-state index contributed by atoms with van der Waals surface area (Å²) in [6.45, 7) is 2.59. The van der Waals surface area contributed by atoms with Crippen LogP contribution in [0.25, 0.3) is 0 Å². The fourth-order valence-electron chi connectivity index (χ4n) is 1.91. The van der Waals surface area contributed by atoms with E-state index in [1.807, 2.05) is 0 Å². The first-order valence-electron chi connectivity index (χ1n) is 5.81. The molecule has 0 bridgehead atoms. The molecule has 1 rings (SSSR count). The van der Waals surface area contributed by atoms with Crippen molar-refractivity contribution in [2.45, 2.75) is 24.6 Å². The predicted octanol–water partition coefficient (Wildman–Crippen LogP) is -1.36. The quantitative estimate of drug-likeness (QED) is 0.659. The van der Waals surface area contributed by atoms with E-state index < -0.39 is 21.3 Å². The molecule has 1 aliphatic rings. The average molecular weight is 274 g/mol. The molecule has 0 spiro atoms. The third-order valence-corrected chi connectivity index (χ3v) is 5.19. The molecular formula is C10H18N4O3S. The number of piperazine rings is 1. The second-order valence-corrected chi connectivity index (χ2v) is 6.08. The minimum atomic E-state index is -3.76. The molecule has 1 saturated heterocycles. The van der Waals surface area contributed by atoms with Gasteiger partial charge in [0.1, 0.15) is 6.04 Å². The van der Waals surface area contributed by atoms with Crippen LogP contribution >= 0.6 is 0 Å². The molecule has 0 aliphatic carbocycles. The minimum Gasteiger partial charge on any atom is -0.358 e. The van der Waals surface area contributed by atoms with Gasteiger partial charge in [-0.1, -0.05) is 6.92 Å². The number of likely N-dealkylation sites (N-methyl/N-ethyl adjacent to an activating group) is 1. The van der Waals surface area contributed by atoms with E-state index >= 15 is 0 Å². The van der Waals surface area contributed by atoms with Gasteiger partial charge in [-0.15, -0.1) is 0 Å². The molecule has 7 nitrogen and oxygen atoms in total. The summed E-state index contributed by atoms with van der Waals surface area (Å²) in [6.07, 6.45) is 0.212. The Labute approximate surface area is 107 Å². The van der Waals surface area contributed by atoms with Crippen LogP contribution in [0.3, 0.4) is 0 Å². The van der Waals surface area contributed by atoms with Crippen LogP contribution in [0.4, 0.5) is 0 Å². The van der Waals surface area contributed by atoms with Crippen LogP contribution in [0, 0.1) is 11.3 Å². The van der Waals surface area contributed by atoms with Gasteiger partial charge in [-0.05, 0) is 6.42 Å². The number of hydrogen-bond acceptors (Lipinski definition) is 5. The van der Waals surface area contributed by atoms with Crippen molar-refractivity contribution < 1.29 is 13.2 Å². The van der Waals surface area contributed by atoms with E-state index in [1.165, 1.54) is 7.05 Å². The van der Waals surface area contributed by atoms with Crippen LogP contribution in [0.1, 0.15) is 13.3 Å². The molecule has 0 aromatic carbocycles. The fourth-order valence-corrected chi connectivity index (χ4v) is 3.66. The van der Waals surface area contributed by atoms with Crippen LogP contribution < -0.4 is 10.6 Å². The van der Waals surface area contributed by atoms with Gasteiger partial charge in [0.2, 0.25) is 15.9 Å². The number of amides is 1. The molecule has 0 aromatic rings. The van der Waals surface area contributed by atoms with E-state index in [0.29, 0.717) is 6.54 Å². The number of nitriles is 1. The summed E-state index contributed by atoms with van der Waals surface area (Å²) in [5, 5.41) is 13.2. The zero-order chi connectivity index (χ0) is 13.8. The number of hydrogen-bond donors (Lipinski definition) is 2. The maximum atomic E-state index is 12.3. The average Bonchev–Trinajstić information content (AvgIpc) is 2.39. The van der Waals surface area contributed by atoms with Gasteiger partial charge in [-0.25, -0.2) is 8.42 Å². The molecule has 1 aliphatic heterocycles. The first-order chi connectivity index (χ1) is 8.48. The van der Waals surface area contributed by atoms with Crippen molar-refractivity contribution in [3.05, 3.63) is 0 Å². The number of rotatable bonds is 4. The summed E-state index contributed by atoms with van der Waals surface area (Å²) >= 11 is 0. The van der Waals surface area contributed by atoms with E-state index in [4.69, 9.17) is 5.26 Å². The lowest BCUT2D eigenvalue weighted by atomic mass is 10.2. The van der Waals surface area contributed by atoms with Crippen LogP contribution in [0.2, 0.25) is 0 Å². The van der Waals surface area contributed by atoms with Crippen molar-refractivity contribution >= 4 is 15.9 Å². The molecule has 0 radical (unpaired) electrons. The molecule has 1 heterocycles. The topological polar surface area (TPSA) is 102 Å². The van der Waals surface area contributed by atoms with Gasteiger partial charge in [0.05, 0.1) is 6.07 Å². The van der Waals surface area contributed by atoms with Crippen LogP contribution in [-0.2, 0) is 14.8 Å². The number of sulfonamides is 1. The molecule has 0 saturated carbocycles. The lowest BCUT2D eigenvalue weighted by Crippen LogP contribution is -2.60. The Hall–Kier alpha value is -1.17. The number of carbonyl (C=O) groups is 1. The molecule has 2 N–H and O–H groups in total. The van der Waals surface area contributed by atoms with Gasteiger partial charge in [-0.3, -0.25) is 4.79 Å². The van der Waals surface area contributed by atoms with Crippen LogP contribution in [-0.4, -0.2) is 56.6 Å². The highest BCUT2D eigenvalue weighted by Crippen LogP contribution is 2.17. The second kappa shape index (κ2) is 6.13. The van der Waals surface area contributed by atoms with Gasteiger partial charge in [0.25, 0.3) is 0 Å². The summed E-state index contributed by atoms with van der Waals surface area (Å²) < 4.78 is 25.7. The van der Waals surface area contributed by atoms with E-state index in [9.17, 15) is 13.2 Å². The Morgan fingerprint density at radius 2 is 2.33 bits per heavy atom. The molecule has 102 valence electrons. The minimum absolute atomic E-state index is 0.207.